The average molecular weight is 476 g/mol. The Labute approximate surface area is 202 Å². The number of halogens is 2. The fourth-order valence-corrected chi connectivity index (χ4v) is 5.02. The van der Waals surface area contributed by atoms with Crippen LogP contribution in [-0.4, -0.2) is 12.5 Å². The number of anilines is 1. The van der Waals surface area contributed by atoms with E-state index in [0.29, 0.717) is 33.8 Å². The minimum atomic E-state index is -0.141. The van der Waals surface area contributed by atoms with Crippen LogP contribution in [0.15, 0.2) is 24.3 Å². The molecule has 0 atom stereocenters. The van der Waals surface area contributed by atoms with Crippen LogP contribution in [0.25, 0.3) is 0 Å². The molecule has 5 heteroatoms. The molecule has 1 saturated carbocycles. The second-order valence-corrected chi connectivity index (χ2v) is 9.89. The summed E-state index contributed by atoms with van der Waals surface area (Å²) in [7, 11) is 0. The lowest BCUT2D eigenvalue weighted by Gasteiger charge is -2.17. The third kappa shape index (κ3) is 6.42. The zero-order valence-corrected chi connectivity index (χ0v) is 21.2. The lowest BCUT2D eigenvalue weighted by molar-refractivity contribution is 0.102. The van der Waals surface area contributed by atoms with Gasteiger partial charge in [0.25, 0.3) is 5.91 Å². The van der Waals surface area contributed by atoms with E-state index in [1.54, 1.807) is 6.07 Å². The predicted molar refractivity (Wildman–Crippen MR) is 136 cm³/mol. The topological polar surface area (TPSA) is 38.3 Å². The Morgan fingerprint density at radius 3 is 2.22 bits per heavy atom. The van der Waals surface area contributed by atoms with E-state index in [9.17, 15) is 4.79 Å². The summed E-state index contributed by atoms with van der Waals surface area (Å²) in [5, 5.41) is 4.09. The lowest BCUT2D eigenvalue weighted by Crippen LogP contribution is -2.15. The van der Waals surface area contributed by atoms with Crippen molar-refractivity contribution in [1.82, 2.24) is 0 Å². The Bertz CT molecular complexity index is 924. The van der Waals surface area contributed by atoms with E-state index < -0.39 is 0 Å². The number of carbonyl (C=O) groups excluding carboxylic acids is 1. The van der Waals surface area contributed by atoms with Crippen molar-refractivity contribution in [3.8, 4) is 5.75 Å². The average Bonchev–Trinajstić information content (AvgIpc) is 3.55. The highest BCUT2D eigenvalue weighted by molar-refractivity contribution is 6.42. The Balaban J connectivity index is 1.67. The summed E-state index contributed by atoms with van der Waals surface area (Å²) >= 11 is 12.7. The van der Waals surface area contributed by atoms with Gasteiger partial charge < -0.3 is 10.1 Å². The summed E-state index contributed by atoms with van der Waals surface area (Å²) < 4.78 is 6.06. The first-order valence-electron chi connectivity index (χ1n) is 11.9. The fourth-order valence-electron chi connectivity index (χ4n) is 4.53. The highest BCUT2D eigenvalue weighted by Crippen LogP contribution is 2.46. The molecular formula is C27H35Cl2NO2. The number of hydrogen-bond acceptors (Lipinski definition) is 2. The first-order chi connectivity index (χ1) is 15.3. The first-order valence-corrected chi connectivity index (χ1v) is 12.6. The van der Waals surface area contributed by atoms with Crippen molar-refractivity contribution in [2.45, 2.75) is 78.6 Å². The van der Waals surface area contributed by atoms with Gasteiger partial charge in [-0.1, -0.05) is 62.7 Å². The molecule has 3 rings (SSSR count). The maximum Gasteiger partial charge on any atom is 0.256 e. The lowest BCUT2D eigenvalue weighted by atomic mass is 9.95. The number of ether oxygens (including phenoxy) is 1. The second kappa shape index (κ2) is 11.4. The van der Waals surface area contributed by atoms with Gasteiger partial charge in [0, 0.05) is 11.3 Å². The van der Waals surface area contributed by atoms with Gasteiger partial charge in [-0.2, -0.15) is 0 Å². The molecule has 1 N–H and O–H groups in total. The van der Waals surface area contributed by atoms with Gasteiger partial charge in [0.05, 0.1) is 16.7 Å². The molecule has 0 unspecified atom stereocenters. The van der Waals surface area contributed by atoms with Crippen molar-refractivity contribution in [3.63, 3.8) is 0 Å². The molecule has 1 fully saturated rings. The Morgan fingerprint density at radius 2 is 1.66 bits per heavy atom. The largest absolute Gasteiger partial charge is 0.494 e. The third-order valence-corrected chi connectivity index (χ3v) is 7.07. The zero-order chi connectivity index (χ0) is 23.3. The molecule has 0 radical (unpaired) electrons. The van der Waals surface area contributed by atoms with Gasteiger partial charge in [-0.05, 0) is 85.9 Å². The van der Waals surface area contributed by atoms with Crippen LogP contribution in [0.5, 0.6) is 5.75 Å². The summed E-state index contributed by atoms with van der Waals surface area (Å²) in [6, 6.07) is 7.59. The molecule has 0 bridgehead atoms. The number of carbonyl (C=O) groups is 1. The number of rotatable bonds is 11. The number of nitrogens with one attached hydrogen (secondary N) is 1. The normalized spacial score (nSPS) is 13.5. The van der Waals surface area contributed by atoms with E-state index in [2.05, 4.69) is 19.2 Å². The van der Waals surface area contributed by atoms with Gasteiger partial charge >= 0.3 is 0 Å². The van der Waals surface area contributed by atoms with Crippen molar-refractivity contribution in [1.29, 1.82) is 0 Å². The van der Waals surface area contributed by atoms with Crippen LogP contribution in [0, 0.1) is 19.8 Å². The van der Waals surface area contributed by atoms with Gasteiger partial charge in [-0.15, -0.1) is 0 Å². The van der Waals surface area contributed by atoms with Crippen molar-refractivity contribution in [2.24, 2.45) is 5.92 Å². The fraction of sp³-hybridized carbons (Fsp3) is 0.519. The van der Waals surface area contributed by atoms with Crippen molar-refractivity contribution >= 4 is 34.8 Å². The second-order valence-electron chi connectivity index (χ2n) is 9.10. The maximum atomic E-state index is 13.1. The molecule has 2 aromatic carbocycles. The van der Waals surface area contributed by atoms with E-state index in [1.165, 1.54) is 25.7 Å². The van der Waals surface area contributed by atoms with Gasteiger partial charge in [0.15, 0.2) is 0 Å². The Morgan fingerprint density at radius 1 is 1.03 bits per heavy atom. The van der Waals surface area contributed by atoms with Gasteiger partial charge in [0.2, 0.25) is 0 Å². The summed E-state index contributed by atoms with van der Waals surface area (Å²) in [4.78, 5) is 13.1. The molecule has 174 valence electrons. The van der Waals surface area contributed by atoms with Crippen LogP contribution >= 0.6 is 23.2 Å². The highest BCUT2D eigenvalue weighted by Gasteiger charge is 2.27. The Hall–Kier alpha value is -1.71. The smallest absolute Gasteiger partial charge is 0.256 e. The Kier molecular flexibility index (Phi) is 8.90. The number of hydrogen-bond donors (Lipinski definition) is 1. The molecule has 0 heterocycles. The van der Waals surface area contributed by atoms with E-state index in [0.717, 1.165) is 47.6 Å². The summed E-state index contributed by atoms with van der Waals surface area (Å²) in [5.41, 5.74) is 4.18. The molecule has 0 spiro atoms. The molecule has 0 aliphatic heterocycles. The van der Waals surface area contributed by atoms with Gasteiger partial charge in [-0.3, -0.25) is 4.79 Å². The van der Waals surface area contributed by atoms with Crippen LogP contribution in [-0.2, 0) is 0 Å². The molecule has 0 saturated heterocycles. The highest BCUT2D eigenvalue weighted by atomic mass is 35.5. The maximum absolute atomic E-state index is 13.1. The minimum Gasteiger partial charge on any atom is -0.494 e. The van der Waals surface area contributed by atoms with E-state index >= 15 is 0 Å². The SMILES string of the molecule is CCCC(CCC)CCOc1cc(C)c(C(=O)Nc2cc(Cl)c(Cl)c(C3CC3)c2)c(C)c1. The van der Waals surface area contributed by atoms with Crippen LogP contribution < -0.4 is 10.1 Å². The monoisotopic (exact) mass is 475 g/mol. The van der Waals surface area contributed by atoms with E-state index in [4.69, 9.17) is 27.9 Å². The van der Waals surface area contributed by atoms with Crippen molar-refractivity contribution in [3.05, 3.63) is 56.6 Å². The van der Waals surface area contributed by atoms with E-state index in [1.807, 2.05) is 32.0 Å². The first kappa shape index (κ1) is 24.9. The summed E-state index contributed by atoms with van der Waals surface area (Å²) in [6.45, 7) is 9.10. The standard InChI is InChI=1S/C27H35Cl2NO2/c1-5-7-19(8-6-2)11-12-32-22-13-17(3)25(18(4)14-22)27(31)30-21-15-23(20-9-10-20)26(29)24(28)16-21/h13-16,19-20H,5-12H2,1-4H3,(H,30,31). The quantitative estimate of drug-likeness (QED) is 0.352. The molecule has 3 nitrogen and oxygen atoms in total. The molecule has 1 aliphatic rings. The van der Waals surface area contributed by atoms with E-state index in [-0.39, 0.29) is 5.91 Å². The predicted octanol–water partition coefficient (Wildman–Crippen LogP) is 8.73. The number of amides is 1. The van der Waals surface area contributed by atoms with Crippen LogP contribution in [0.1, 0.15) is 91.8 Å². The molecule has 1 amide bonds. The van der Waals surface area contributed by atoms with Gasteiger partial charge in [-0.25, -0.2) is 0 Å². The van der Waals surface area contributed by atoms with Crippen molar-refractivity contribution in [2.75, 3.05) is 11.9 Å². The molecule has 1 aliphatic carbocycles. The number of aryl methyl sites for hydroxylation is 2. The van der Waals surface area contributed by atoms with Crippen molar-refractivity contribution < 1.29 is 9.53 Å². The van der Waals surface area contributed by atoms with Crippen LogP contribution in [0.4, 0.5) is 5.69 Å². The summed E-state index contributed by atoms with van der Waals surface area (Å²) in [5.74, 6) is 1.86. The molecule has 2 aromatic rings. The molecule has 0 aromatic heterocycles. The van der Waals surface area contributed by atoms with Crippen LogP contribution in [0.3, 0.4) is 0 Å². The zero-order valence-electron chi connectivity index (χ0n) is 19.7. The molecule has 32 heavy (non-hydrogen) atoms. The third-order valence-electron chi connectivity index (χ3n) is 6.25. The minimum absolute atomic E-state index is 0.141. The van der Waals surface area contributed by atoms with Crippen LogP contribution in [0.2, 0.25) is 10.0 Å². The summed E-state index contributed by atoms with van der Waals surface area (Å²) in [6.07, 6.45) is 8.25. The van der Waals surface area contributed by atoms with Gasteiger partial charge in [0.1, 0.15) is 5.75 Å². The number of benzene rings is 2. The molecular weight excluding hydrogens is 441 g/mol.